The molecular weight excluding hydrogens is 389 g/mol. The standard InChI is InChI=1S/C16H17NO8S.Na/c18-13(9-17-7-1-2-12(8-17)15(19)20)10-25-14-5-3-11(4-6-14)16(21)26(22,23)24;/h1-8,13,16,18,21H,9-10H2,(H-,19,20,22,23,24);/q;+1/p-1. The largest absolute Gasteiger partial charge is 1.00 e. The SMILES string of the molecule is O=C([O-])c1ccc[n+](CC(O)COc2ccc(C(O)S(=O)(=O)[O-])cc2)c1.[Na+]. The van der Waals surface area contributed by atoms with Crippen LogP contribution in [0.2, 0.25) is 0 Å². The molecule has 0 amide bonds. The van der Waals surface area contributed by atoms with E-state index in [0.29, 0.717) is 0 Å². The number of hydrogen-bond acceptors (Lipinski definition) is 8. The third kappa shape index (κ3) is 7.18. The maximum Gasteiger partial charge on any atom is 1.00 e. The molecule has 11 heteroatoms. The number of carboxylic acid groups (broad SMARTS) is 1. The zero-order valence-corrected chi connectivity index (χ0v) is 17.2. The van der Waals surface area contributed by atoms with Gasteiger partial charge in [-0.2, -0.15) is 0 Å². The number of carbonyl (C=O) groups is 1. The van der Waals surface area contributed by atoms with Crippen LogP contribution in [0.5, 0.6) is 5.75 Å². The Balaban J connectivity index is 0.00000364. The summed E-state index contributed by atoms with van der Waals surface area (Å²) in [4.78, 5) is 10.8. The van der Waals surface area contributed by atoms with Gasteiger partial charge in [-0.1, -0.05) is 12.1 Å². The summed E-state index contributed by atoms with van der Waals surface area (Å²) in [5.41, 5.74) is -2.28. The second-order valence-electron chi connectivity index (χ2n) is 5.46. The number of hydrogen-bond donors (Lipinski definition) is 2. The smallest absolute Gasteiger partial charge is 0.746 e. The number of carbonyl (C=O) groups excluding carboxylic acids is 1. The Labute approximate surface area is 177 Å². The van der Waals surface area contributed by atoms with Crippen molar-refractivity contribution in [3.63, 3.8) is 0 Å². The molecule has 1 aromatic carbocycles. The van der Waals surface area contributed by atoms with Crippen molar-refractivity contribution in [3.05, 3.63) is 59.9 Å². The molecule has 0 aliphatic heterocycles. The fourth-order valence-corrected chi connectivity index (χ4v) is 2.63. The van der Waals surface area contributed by atoms with E-state index in [-0.39, 0.29) is 59.6 Å². The molecule has 0 aliphatic carbocycles. The molecule has 0 aliphatic rings. The number of rotatable bonds is 8. The number of benzene rings is 1. The summed E-state index contributed by atoms with van der Waals surface area (Å²) < 4.78 is 39.1. The summed E-state index contributed by atoms with van der Waals surface area (Å²) >= 11 is 0. The van der Waals surface area contributed by atoms with Gasteiger partial charge in [0, 0.05) is 6.07 Å². The molecule has 9 nitrogen and oxygen atoms in total. The average Bonchev–Trinajstić information content (AvgIpc) is 2.59. The van der Waals surface area contributed by atoms with E-state index in [1.54, 1.807) is 6.20 Å². The monoisotopic (exact) mass is 405 g/mol. The molecule has 0 saturated carbocycles. The molecule has 0 spiro atoms. The van der Waals surface area contributed by atoms with Crippen molar-refractivity contribution >= 4 is 16.1 Å². The molecule has 1 heterocycles. The van der Waals surface area contributed by atoms with Crippen LogP contribution in [0.25, 0.3) is 0 Å². The van der Waals surface area contributed by atoms with Crippen LogP contribution in [0.4, 0.5) is 0 Å². The second-order valence-corrected chi connectivity index (χ2v) is 6.89. The topological polar surface area (TPSA) is 151 Å². The first kappa shape index (κ1) is 23.5. The van der Waals surface area contributed by atoms with E-state index in [4.69, 9.17) is 4.74 Å². The third-order valence-electron chi connectivity index (χ3n) is 3.40. The predicted molar refractivity (Wildman–Crippen MR) is 83.6 cm³/mol. The van der Waals surface area contributed by atoms with Gasteiger partial charge in [-0.15, -0.1) is 0 Å². The first-order chi connectivity index (χ1) is 12.2. The Hall–Kier alpha value is -1.53. The van der Waals surface area contributed by atoms with Gasteiger partial charge in [-0.05, 0) is 23.8 Å². The molecule has 0 radical (unpaired) electrons. The van der Waals surface area contributed by atoms with E-state index in [9.17, 15) is 33.1 Å². The Kier molecular flexibility index (Phi) is 8.82. The number of aromatic nitrogens is 1. The van der Waals surface area contributed by atoms with Gasteiger partial charge < -0.3 is 29.4 Å². The quantitative estimate of drug-likeness (QED) is 0.253. The van der Waals surface area contributed by atoms with Crippen LogP contribution >= 0.6 is 0 Å². The second kappa shape index (κ2) is 10.1. The molecule has 140 valence electrons. The molecule has 2 atom stereocenters. The van der Waals surface area contributed by atoms with Crippen LogP contribution in [-0.2, 0) is 16.7 Å². The maximum atomic E-state index is 10.8. The van der Waals surface area contributed by atoms with Gasteiger partial charge in [0.1, 0.15) is 28.6 Å². The Bertz CT molecular complexity index is 872. The minimum Gasteiger partial charge on any atom is -0.746 e. The van der Waals surface area contributed by atoms with Crippen LogP contribution < -0.4 is 44.0 Å². The fraction of sp³-hybridized carbons (Fsp3) is 0.250. The number of aliphatic hydroxyl groups is 2. The van der Waals surface area contributed by atoms with Crippen molar-refractivity contribution < 1.29 is 71.9 Å². The molecule has 27 heavy (non-hydrogen) atoms. The number of pyridine rings is 1. The van der Waals surface area contributed by atoms with Crippen LogP contribution in [0, 0.1) is 0 Å². The summed E-state index contributed by atoms with van der Waals surface area (Å²) in [5.74, 6) is -1.04. The first-order valence-corrected chi connectivity index (χ1v) is 8.88. The zero-order valence-electron chi connectivity index (χ0n) is 14.4. The molecular formula is C16H16NNaO8S. The van der Waals surface area contributed by atoms with Gasteiger partial charge >= 0.3 is 29.6 Å². The van der Waals surface area contributed by atoms with Crippen LogP contribution in [0.15, 0.2) is 48.8 Å². The molecule has 2 rings (SSSR count). The summed E-state index contributed by atoms with van der Waals surface area (Å²) in [5, 5.41) is 30.1. The summed E-state index contributed by atoms with van der Waals surface area (Å²) in [6.07, 6.45) is 1.94. The van der Waals surface area contributed by atoms with Gasteiger partial charge in [-0.3, -0.25) is 0 Å². The number of ether oxygens (including phenoxy) is 1. The summed E-state index contributed by atoms with van der Waals surface area (Å²) in [6, 6.07) is 8.01. The van der Waals surface area contributed by atoms with E-state index in [1.807, 2.05) is 0 Å². The molecule has 2 aromatic rings. The molecule has 2 N–H and O–H groups in total. The van der Waals surface area contributed by atoms with Gasteiger partial charge in [0.2, 0.25) is 0 Å². The van der Waals surface area contributed by atoms with E-state index >= 15 is 0 Å². The van der Waals surface area contributed by atoms with Gasteiger partial charge in [0.25, 0.3) is 0 Å². The number of aromatic carboxylic acids is 1. The van der Waals surface area contributed by atoms with Crippen molar-refractivity contribution in [2.75, 3.05) is 6.61 Å². The van der Waals surface area contributed by atoms with Crippen LogP contribution in [0.1, 0.15) is 21.4 Å². The predicted octanol–water partition coefficient (Wildman–Crippen LogP) is -4.68. The minimum absolute atomic E-state index is 0. The van der Waals surface area contributed by atoms with Crippen LogP contribution in [0.3, 0.4) is 0 Å². The molecule has 1 aromatic heterocycles. The van der Waals surface area contributed by atoms with Crippen molar-refractivity contribution in [3.8, 4) is 5.75 Å². The zero-order chi connectivity index (χ0) is 19.3. The fourth-order valence-electron chi connectivity index (χ4n) is 2.14. The van der Waals surface area contributed by atoms with Crippen molar-refractivity contribution in [2.24, 2.45) is 0 Å². The van der Waals surface area contributed by atoms with Crippen LogP contribution in [-0.4, -0.2) is 41.9 Å². The van der Waals surface area contributed by atoms with Gasteiger partial charge in [-0.25, -0.2) is 13.0 Å². The maximum absolute atomic E-state index is 10.8. The average molecular weight is 405 g/mol. The van der Waals surface area contributed by atoms with E-state index in [1.165, 1.54) is 47.2 Å². The Morgan fingerprint density at radius 3 is 2.37 bits per heavy atom. The molecule has 0 saturated heterocycles. The van der Waals surface area contributed by atoms with Gasteiger partial charge in [0.15, 0.2) is 24.4 Å². The summed E-state index contributed by atoms with van der Waals surface area (Å²) in [7, 11) is -4.86. The third-order valence-corrected chi connectivity index (χ3v) is 4.22. The Morgan fingerprint density at radius 1 is 1.19 bits per heavy atom. The minimum atomic E-state index is -4.86. The first-order valence-electron chi connectivity index (χ1n) is 7.41. The number of aliphatic hydroxyl groups excluding tert-OH is 2. The summed E-state index contributed by atoms with van der Waals surface area (Å²) in [6.45, 7) is -0.0450. The van der Waals surface area contributed by atoms with E-state index in [0.717, 1.165) is 0 Å². The number of carboxylic acids is 1. The van der Waals surface area contributed by atoms with Crippen molar-refractivity contribution in [1.82, 2.24) is 0 Å². The van der Waals surface area contributed by atoms with Crippen molar-refractivity contribution in [2.45, 2.75) is 18.1 Å². The van der Waals surface area contributed by atoms with Crippen molar-refractivity contribution in [1.29, 1.82) is 0 Å². The molecule has 0 bridgehead atoms. The van der Waals surface area contributed by atoms with Gasteiger partial charge in [0.05, 0.1) is 11.5 Å². The Morgan fingerprint density at radius 2 is 1.81 bits per heavy atom. The molecule has 2 unspecified atom stereocenters. The normalized spacial score (nSPS) is 13.3. The molecule has 0 fully saturated rings. The van der Waals surface area contributed by atoms with E-state index < -0.39 is 27.6 Å². The number of nitrogens with zero attached hydrogens (tertiary/aromatic N) is 1. The van der Waals surface area contributed by atoms with E-state index in [2.05, 4.69) is 0 Å².